The Morgan fingerprint density at radius 3 is 2.62 bits per heavy atom. The molecular formula is C13H15NOS. The van der Waals surface area contributed by atoms with Crippen molar-refractivity contribution in [1.29, 1.82) is 0 Å². The molecule has 84 valence electrons. The van der Waals surface area contributed by atoms with E-state index >= 15 is 0 Å². The Kier molecular flexibility index (Phi) is 3.59. The first-order valence-electron chi connectivity index (χ1n) is 5.29. The molecule has 1 aromatic carbocycles. The van der Waals surface area contributed by atoms with E-state index in [2.05, 4.69) is 29.1 Å². The number of benzene rings is 1. The lowest BCUT2D eigenvalue weighted by Gasteiger charge is -2.12. The third kappa shape index (κ3) is 2.84. The molecule has 0 saturated heterocycles. The molecule has 0 saturated carbocycles. The fraction of sp³-hybridized carbons (Fsp3) is 0.231. The summed E-state index contributed by atoms with van der Waals surface area (Å²) in [4.78, 5) is 0. The number of thiophene rings is 1. The Morgan fingerprint density at radius 1 is 1.25 bits per heavy atom. The normalized spacial score (nSPS) is 12.6. The molecule has 0 bridgehead atoms. The first kappa shape index (κ1) is 11.2. The second-order valence-electron chi connectivity index (χ2n) is 3.83. The van der Waals surface area contributed by atoms with Crippen LogP contribution in [0, 0.1) is 0 Å². The SMILES string of the molecule is CC(NCc1ccc(O)cc1)c1ccsc1. The van der Waals surface area contributed by atoms with E-state index in [1.165, 1.54) is 11.1 Å². The van der Waals surface area contributed by atoms with Gasteiger partial charge in [-0.1, -0.05) is 12.1 Å². The zero-order valence-corrected chi connectivity index (χ0v) is 10.00. The van der Waals surface area contributed by atoms with E-state index in [1.54, 1.807) is 23.5 Å². The molecule has 1 atom stereocenters. The minimum Gasteiger partial charge on any atom is -0.508 e. The molecule has 2 N–H and O–H groups in total. The summed E-state index contributed by atoms with van der Waals surface area (Å²) in [6.45, 7) is 2.97. The molecule has 16 heavy (non-hydrogen) atoms. The molecule has 0 aliphatic heterocycles. The van der Waals surface area contributed by atoms with E-state index in [9.17, 15) is 0 Å². The molecule has 3 heteroatoms. The second kappa shape index (κ2) is 5.14. The minimum atomic E-state index is 0.314. The number of phenolic OH excluding ortho intramolecular Hbond substituents is 1. The summed E-state index contributed by atoms with van der Waals surface area (Å²) in [6.07, 6.45) is 0. The first-order valence-corrected chi connectivity index (χ1v) is 6.23. The average Bonchev–Trinajstić information content (AvgIpc) is 2.81. The van der Waals surface area contributed by atoms with Crippen LogP contribution in [0.1, 0.15) is 24.1 Å². The largest absolute Gasteiger partial charge is 0.508 e. The highest BCUT2D eigenvalue weighted by atomic mass is 32.1. The molecule has 1 heterocycles. The maximum absolute atomic E-state index is 9.17. The molecule has 1 aromatic heterocycles. The van der Waals surface area contributed by atoms with Gasteiger partial charge in [0.2, 0.25) is 0 Å². The maximum Gasteiger partial charge on any atom is 0.115 e. The molecule has 0 amide bonds. The van der Waals surface area contributed by atoms with Gasteiger partial charge in [-0.25, -0.2) is 0 Å². The van der Waals surface area contributed by atoms with Gasteiger partial charge in [0.05, 0.1) is 0 Å². The summed E-state index contributed by atoms with van der Waals surface area (Å²) in [5.41, 5.74) is 2.50. The Morgan fingerprint density at radius 2 is 2.00 bits per heavy atom. The van der Waals surface area contributed by atoms with Gasteiger partial charge in [0.25, 0.3) is 0 Å². The molecule has 0 aliphatic rings. The van der Waals surface area contributed by atoms with Crippen molar-refractivity contribution in [2.45, 2.75) is 19.5 Å². The number of nitrogens with one attached hydrogen (secondary N) is 1. The van der Waals surface area contributed by atoms with Crippen LogP contribution in [0.4, 0.5) is 0 Å². The lowest BCUT2D eigenvalue weighted by molar-refractivity contribution is 0.474. The van der Waals surface area contributed by atoms with E-state index in [0.29, 0.717) is 11.8 Å². The topological polar surface area (TPSA) is 32.3 Å². The smallest absolute Gasteiger partial charge is 0.115 e. The summed E-state index contributed by atoms with van der Waals surface area (Å²) in [6, 6.07) is 9.79. The van der Waals surface area contributed by atoms with Gasteiger partial charge in [-0.2, -0.15) is 11.3 Å². The van der Waals surface area contributed by atoms with Crippen LogP contribution < -0.4 is 5.32 Å². The summed E-state index contributed by atoms with van der Waals surface area (Å²) >= 11 is 1.72. The molecule has 0 fully saturated rings. The van der Waals surface area contributed by atoms with Crippen LogP contribution in [0.5, 0.6) is 5.75 Å². The van der Waals surface area contributed by atoms with Gasteiger partial charge in [-0.3, -0.25) is 0 Å². The van der Waals surface area contributed by atoms with Crippen molar-refractivity contribution >= 4 is 11.3 Å². The van der Waals surface area contributed by atoms with Crippen LogP contribution in [-0.4, -0.2) is 5.11 Å². The highest BCUT2D eigenvalue weighted by molar-refractivity contribution is 7.07. The summed E-state index contributed by atoms with van der Waals surface area (Å²) in [5.74, 6) is 0.314. The van der Waals surface area contributed by atoms with Crippen molar-refractivity contribution in [2.24, 2.45) is 0 Å². The standard InChI is InChI=1S/C13H15NOS/c1-10(12-6-7-16-9-12)14-8-11-2-4-13(15)5-3-11/h2-7,9-10,14-15H,8H2,1H3. The predicted molar refractivity (Wildman–Crippen MR) is 67.7 cm³/mol. The quantitative estimate of drug-likeness (QED) is 0.849. The van der Waals surface area contributed by atoms with Gasteiger partial charge < -0.3 is 10.4 Å². The van der Waals surface area contributed by atoms with Crippen molar-refractivity contribution in [3.8, 4) is 5.75 Å². The Balaban J connectivity index is 1.90. The molecule has 0 radical (unpaired) electrons. The van der Waals surface area contributed by atoms with Crippen LogP contribution in [-0.2, 0) is 6.54 Å². The van der Waals surface area contributed by atoms with Crippen molar-refractivity contribution in [2.75, 3.05) is 0 Å². The predicted octanol–water partition coefficient (Wildman–Crippen LogP) is 3.30. The van der Waals surface area contributed by atoms with Crippen LogP contribution in [0.2, 0.25) is 0 Å². The average molecular weight is 233 g/mol. The van der Waals surface area contributed by atoms with Crippen molar-refractivity contribution in [3.05, 3.63) is 52.2 Å². The third-order valence-electron chi connectivity index (χ3n) is 2.59. The number of rotatable bonds is 4. The molecule has 2 rings (SSSR count). The van der Waals surface area contributed by atoms with E-state index in [-0.39, 0.29) is 0 Å². The summed E-state index contributed by atoms with van der Waals surface area (Å²) in [5, 5.41) is 16.9. The van der Waals surface area contributed by atoms with Crippen molar-refractivity contribution in [1.82, 2.24) is 5.32 Å². The lowest BCUT2D eigenvalue weighted by atomic mass is 10.1. The Bertz CT molecular complexity index is 422. The van der Waals surface area contributed by atoms with E-state index < -0.39 is 0 Å². The minimum absolute atomic E-state index is 0.314. The lowest BCUT2D eigenvalue weighted by Crippen LogP contribution is -2.17. The van der Waals surface area contributed by atoms with Gasteiger partial charge in [-0.15, -0.1) is 0 Å². The monoisotopic (exact) mass is 233 g/mol. The van der Waals surface area contributed by atoms with Gasteiger partial charge in [0, 0.05) is 12.6 Å². The highest BCUT2D eigenvalue weighted by Gasteiger charge is 2.04. The molecule has 2 nitrogen and oxygen atoms in total. The summed E-state index contributed by atoms with van der Waals surface area (Å²) in [7, 11) is 0. The van der Waals surface area contributed by atoms with Crippen LogP contribution in [0.15, 0.2) is 41.1 Å². The van der Waals surface area contributed by atoms with Gasteiger partial charge in [0.1, 0.15) is 5.75 Å². The Hall–Kier alpha value is -1.32. The number of hydrogen-bond acceptors (Lipinski definition) is 3. The number of hydrogen-bond donors (Lipinski definition) is 2. The fourth-order valence-corrected chi connectivity index (χ4v) is 2.28. The maximum atomic E-state index is 9.17. The van der Waals surface area contributed by atoms with Gasteiger partial charge in [0.15, 0.2) is 0 Å². The van der Waals surface area contributed by atoms with E-state index in [1.807, 2.05) is 12.1 Å². The van der Waals surface area contributed by atoms with Crippen molar-refractivity contribution < 1.29 is 5.11 Å². The summed E-state index contributed by atoms with van der Waals surface area (Å²) < 4.78 is 0. The molecule has 0 spiro atoms. The van der Waals surface area contributed by atoms with Crippen LogP contribution >= 0.6 is 11.3 Å². The third-order valence-corrected chi connectivity index (χ3v) is 3.29. The van der Waals surface area contributed by atoms with Crippen LogP contribution in [0.3, 0.4) is 0 Å². The molecule has 2 aromatic rings. The number of aromatic hydroxyl groups is 1. The molecule has 0 aliphatic carbocycles. The van der Waals surface area contributed by atoms with Gasteiger partial charge in [-0.05, 0) is 47.0 Å². The Labute approximate surface area is 99.6 Å². The fourth-order valence-electron chi connectivity index (χ4n) is 1.52. The van der Waals surface area contributed by atoms with Gasteiger partial charge >= 0.3 is 0 Å². The van der Waals surface area contributed by atoms with E-state index in [4.69, 9.17) is 5.11 Å². The zero-order valence-electron chi connectivity index (χ0n) is 9.18. The number of phenols is 1. The zero-order chi connectivity index (χ0) is 11.4. The molecule has 1 unspecified atom stereocenters. The first-order chi connectivity index (χ1) is 7.75. The van der Waals surface area contributed by atoms with E-state index in [0.717, 1.165) is 6.54 Å². The molecular weight excluding hydrogens is 218 g/mol. The van der Waals surface area contributed by atoms with Crippen LogP contribution in [0.25, 0.3) is 0 Å². The second-order valence-corrected chi connectivity index (χ2v) is 4.61. The van der Waals surface area contributed by atoms with Crippen molar-refractivity contribution in [3.63, 3.8) is 0 Å². The highest BCUT2D eigenvalue weighted by Crippen LogP contribution is 2.16.